The Labute approximate surface area is 125 Å². The number of aromatic nitrogens is 2. The lowest BCUT2D eigenvalue weighted by Gasteiger charge is -2.39. The molecule has 1 aliphatic heterocycles. The molecule has 112 valence electrons. The van der Waals surface area contributed by atoms with Crippen molar-refractivity contribution in [3.63, 3.8) is 0 Å². The Balaban J connectivity index is 1.70. The number of hydrogen-bond donors (Lipinski definition) is 1. The molecule has 21 heavy (non-hydrogen) atoms. The SMILES string of the molecule is CCC(CN)N1CCN(c2cnc3ccccc3n2)CC1. The molecule has 1 atom stereocenters. The van der Waals surface area contributed by atoms with Crippen LogP contribution in [0.15, 0.2) is 30.5 Å². The molecule has 0 amide bonds. The average Bonchev–Trinajstić information content (AvgIpc) is 2.56. The van der Waals surface area contributed by atoms with Gasteiger partial charge in [0.15, 0.2) is 0 Å². The van der Waals surface area contributed by atoms with Gasteiger partial charge in [0.2, 0.25) is 0 Å². The molecule has 1 unspecified atom stereocenters. The molecule has 5 heteroatoms. The van der Waals surface area contributed by atoms with Crippen molar-refractivity contribution in [1.82, 2.24) is 14.9 Å². The summed E-state index contributed by atoms with van der Waals surface area (Å²) < 4.78 is 0. The van der Waals surface area contributed by atoms with E-state index in [4.69, 9.17) is 10.7 Å². The maximum absolute atomic E-state index is 5.84. The monoisotopic (exact) mass is 285 g/mol. The maximum atomic E-state index is 5.84. The number of anilines is 1. The van der Waals surface area contributed by atoms with Crippen LogP contribution in [0.2, 0.25) is 0 Å². The number of hydrogen-bond acceptors (Lipinski definition) is 5. The molecule has 0 spiro atoms. The molecule has 2 heterocycles. The van der Waals surface area contributed by atoms with E-state index in [1.165, 1.54) is 0 Å². The van der Waals surface area contributed by atoms with Crippen molar-refractivity contribution >= 4 is 16.9 Å². The fourth-order valence-electron chi connectivity index (χ4n) is 2.99. The summed E-state index contributed by atoms with van der Waals surface area (Å²) in [7, 11) is 0. The van der Waals surface area contributed by atoms with Gasteiger partial charge in [-0.25, -0.2) is 4.98 Å². The molecule has 3 rings (SSSR count). The number of piperazine rings is 1. The third-order valence-corrected chi connectivity index (χ3v) is 4.33. The maximum Gasteiger partial charge on any atom is 0.147 e. The lowest BCUT2D eigenvalue weighted by atomic mass is 10.1. The van der Waals surface area contributed by atoms with Gasteiger partial charge in [-0.1, -0.05) is 19.1 Å². The van der Waals surface area contributed by atoms with E-state index in [9.17, 15) is 0 Å². The van der Waals surface area contributed by atoms with Gasteiger partial charge in [0.05, 0.1) is 17.2 Å². The van der Waals surface area contributed by atoms with E-state index >= 15 is 0 Å². The van der Waals surface area contributed by atoms with E-state index < -0.39 is 0 Å². The van der Waals surface area contributed by atoms with Gasteiger partial charge in [0.1, 0.15) is 5.82 Å². The molecule has 2 aromatic rings. The quantitative estimate of drug-likeness (QED) is 0.922. The molecule has 1 aliphatic rings. The van der Waals surface area contributed by atoms with Crippen molar-refractivity contribution < 1.29 is 0 Å². The molecule has 1 aromatic carbocycles. The number of nitrogens with two attached hydrogens (primary N) is 1. The first-order valence-corrected chi connectivity index (χ1v) is 7.72. The summed E-state index contributed by atoms with van der Waals surface area (Å²) in [5, 5.41) is 0. The van der Waals surface area contributed by atoms with Crippen LogP contribution in [0.3, 0.4) is 0 Å². The Morgan fingerprint density at radius 1 is 1.14 bits per heavy atom. The predicted molar refractivity (Wildman–Crippen MR) is 86.5 cm³/mol. The van der Waals surface area contributed by atoms with Crippen LogP contribution in [0.1, 0.15) is 13.3 Å². The fourth-order valence-corrected chi connectivity index (χ4v) is 2.99. The Morgan fingerprint density at radius 3 is 2.52 bits per heavy atom. The third-order valence-electron chi connectivity index (χ3n) is 4.33. The molecule has 2 N–H and O–H groups in total. The first-order chi connectivity index (χ1) is 10.3. The van der Waals surface area contributed by atoms with Gasteiger partial charge in [0, 0.05) is 38.8 Å². The smallest absolute Gasteiger partial charge is 0.147 e. The van der Waals surface area contributed by atoms with Crippen LogP contribution in [-0.4, -0.2) is 53.6 Å². The first kappa shape index (κ1) is 14.2. The van der Waals surface area contributed by atoms with Crippen molar-refractivity contribution in [2.24, 2.45) is 5.73 Å². The zero-order chi connectivity index (χ0) is 14.7. The van der Waals surface area contributed by atoms with Crippen LogP contribution < -0.4 is 10.6 Å². The standard InChI is InChI=1S/C16H23N5/c1-2-13(11-17)20-7-9-21(10-8-20)16-12-18-14-5-3-4-6-15(14)19-16/h3-6,12-13H,2,7-11,17H2,1H3. The molecule has 1 fully saturated rings. The molecule has 1 aromatic heterocycles. The van der Waals surface area contributed by atoms with Crippen LogP contribution in [0.5, 0.6) is 0 Å². The minimum Gasteiger partial charge on any atom is -0.353 e. The van der Waals surface area contributed by atoms with Crippen LogP contribution in [0, 0.1) is 0 Å². The lowest BCUT2D eigenvalue weighted by Crippen LogP contribution is -2.52. The Bertz CT molecular complexity index is 588. The second kappa shape index (κ2) is 6.37. The second-order valence-electron chi connectivity index (χ2n) is 5.54. The van der Waals surface area contributed by atoms with Crippen molar-refractivity contribution in [1.29, 1.82) is 0 Å². The zero-order valence-corrected chi connectivity index (χ0v) is 12.6. The molecule has 1 saturated heterocycles. The molecule has 0 saturated carbocycles. The van der Waals surface area contributed by atoms with E-state index in [0.29, 0.717) is 6.04 Å². The van der Waals surface area contributed by atoms with Gasteiger partial charge in [-0.2, -0.15) is 0 Å². The fraction of sp³-hybridized carbons (Fsp3) is 0.500. The van der Waals surface area contributed by atoms with Gasteiger partial charge in [-0.05, 0) is 18.6 Å². The highest BCUT2D eigenvalue weighted by atomic mass is 15.3. The number of fused-ring (bicyclic) bond motifs is 1. The van der Waals surface area contributed by atoms with Gasteiger partial charge in [0.25, 0.3) is 0 Å². The van der Waals surface area contributed by atoms with Gasteiger partial charge < -0.3 is 10.6 Å². The third kappa shape index (κ3) is 2.99. The van der Waals surface area contributed by atoms with Crippen LogP contribution in [-0.2, 0) is 0 Å². The van der Waals surface area contributed by atoms with Crippen LogP contribution in [0.25, 0.3) is 11.0 Å². The molecule has 0 radical (unpaired) electrons. The average molecular weight is 285 g/mol. The molecule has 5 nitrogen and oxygen atoms in total. The summed E-state index contributed by atoms with van der Waals surface area (Å²) in [4.78, 5) is 14.0. The second-order valence-corrected chi connectivity index (χ2v) is 5.54. The largest absolute Gasteiger partial charge is 0.353 e. The summed E-state index contributed by atoms with van der Waals surface area (Å²) >= 11 is 0. The number of nitrogens with zero attached hydrogens (tertiary/aromatic N) is 4. The molecule has 0 bridgehead atoms. The van der Waals surface area contributed by atoms with Gasteiger partial charge >= 0.3 is 0 Å². The van der Waals surface area contributed by atoms with Crippen molar-refractivity contribution in [2.45, 2.75) is 19.4 Å². The summed E-state index contributed by atoms with van der Waals surface area (Å²) in [5.41, 5.74) is 7.76. The number of rotatable bonds is 4. The predicted octanol–water partition coefficient (Wildman–Crippen LogP) is 1.49. The van der Waals surface area contributed by atoms with Crippen molar-refractivity contribution in [3.8, 4) is 0 Å². The summed E-state index contributed by atoms with van der Waals surface area (Å²) in [6, 6.07) is 8.52. The molecular formula is C16H23N5. The lowest BCUT2D eigenvalue weighted by molar-refractivity contribution is 0.184. The van der Waals surface area contributed by atoms with E-state index in [2.05, 4.69) is 21.7 Å². The summed E-state index contributed by atoms with van der Waals surface area (Å²) in [6.07, 6.45) is 3.00. The minimum atomic E-state index is 0.509. The zero-order valence-electron chi connectivity index (χ0n) is 12.6. The van der Waals surface area contributed by atoms with E-state index in [-0.39, 0.29) is 0 Å². The van der Waals surface area contributed by atoms with E-state index in [0.717, 1.165) is 56.0 Å². The van der Waals surface area contributed by atoms with Crippen molar-refractivity contribution in [2.75, 3.05) is 37.6 Å². The number of benzene rings is 1. The highest BCUT2D eigenvalue weighted by Crippen LogP contribution is 2.18. The Kier molecular flexibility index (Phi) is 4.31. The minimum absolute atomic E-state index is 0.509. The van der Waals surface area contributed by atoms with Gasteiger partial charge in [-0.3, -0.25) is 9.88 Å². The molecule has 0 aliphatic carbocycles. The summed E-state index contributed by atoms with van der Waals surface area (Å²) in [5.74, 6) is 0.981. The topological polar surface area (TPSA) is 58.3 Å². The normalized spacial score (nSPS) is 18.1. The van der Waals surface area contributed by atoms with Crippen molar-refractivity contribution in [3.05, 3.63) is 30.5 Å². The number of para-hydroxylation sites is 2. The van der Waals surface area contributed by atoms with Crippen LogP contribution >= 0.6 is 0 Å². The summed E-state index contributed by atoms with van der Waals surface area (Å²) in [6.45, 7) is 7.02. The Morgan fingerprint density at radius 2 is 1.86 bits per heavy atom. The van der Waals surface area contributed by atoms with Crippen LogP contribution in [0.4, 0.5) is 5.82 Å². The van der Waals surface area contributed by atoms with E-state index in [1.54, 1.807) is 0 Å². The first-order valence-electron chi connectivity index (χ1n) is 7.72. The highest BCUT2D eigenvalue weighted by molar-refractivity contribution is 5.75. The van der Waals surface area contributed by atoms with E-state index in [1.807, 2.05) is 30.5 Å². The Hall–Kier alpha value is -1.72. The highest BCUT2D eigenvalue weighted by Gasteiger charge is 2.22. The molecular weight excluding hydrogens is 262 g/mol. The van der Waals surface area contributed by atoms with Gasteiger partial charge in [-0.15, -0.1) is 0 Å².